The minimum absolute atomic E-state index is 0.0216. The van der Waals surface area contributed by atoms with E-state index in [1.807, 2.05) is 0 Å². The predicted molar refractivity (Wildman–Crippen MR) is 67.8 cm³/mol. The van der Waals surface area contributed by atoms with Crippen LogP contribution in [-0.2, 0) is 15.7 Å². The molecule has 0 saturated carbocycles. The Kier molecular flexibility index (Phi) is 5.51. The van der Waals surface area contributed by atoms with Crippen LogP contribution < -0.4 is 5.32 Å². The molecule has 0 fully saturated rings. The van der Waals surface area contributed by atoms with Gasteiger partial charge in [0, 0.05) is 18.3 Å². The van der Waals surface area contributed by atoms with E-state index >= 15 is 0 Å². The molecular formula is C12H13F3N2O4. The van der Waals surface area contributed by atoms with Gasteiger partial charge in [-0.1, -0.05) is 0 Å². The lowest BCUT2D eigenvalue weighted by Gasteiger charge is -2.11. The third kappa shape index (κ3) is 4.93. The molecule has 21 heavy (non-hydrogen) atoms. The Morgan fingerprint density at radius 3 is 2.62 bits per heavy atom. The van der Waals surface area contributed by atoms with E-state index in [1.54, 1.807) is 6.92 Å². The van der Waals surface area contributed by atoms with Crippen LogP contribution >= 0.6 is 0 Å². The average Bonchev–Trinajstić information content (AvgIpc) is 2.37. The molecule has 116 valence electrons. The first-order chi connectivity index (χ1) is 9.75. The number of nitrogens with zero attached hydrogens (tertiary/aromatic N) is 1. The van der Waals surface area contributed by atoms with Crippen LogP contribution in [-0.4, -0.2) is 24.0 Å². The SMILES string of the molecule is CCOC(=O)CCNc1ccc([N+](=O)[O-])c(C(F)(F)F)c1. The molecule has 0 radical (unpaired) electrons. The normalized spacial score (nSPS) is 11.0. The molecule has 0 bridgehead atoms. The summed E-state index contributed by atoms with van der Waals surface area (Å²) >= 11 is 0. The Morgan fingerprint density at radius 2 is 2.10 bits per heavy atom. The number of ether oxygens (including phenoxy) is 1. The highest BCUT2D eigenvalue weighted by Crippen LogP contribution is 2.37. The molecule has 0 aliphatic heterocycles. The van der Waals surface area contributed by atoms with Gasteiger partial charge in [-0.25, -0.2) is 0 Å². The number of esters is 1. The number of nitrogens with one attached hydrogen (secondary N) is 1. The van der Waals surface area contributed by atoms with E-state index in [2.05, 4.69) is 10.1 Å². The van der Waals surface area contributed by atoms with Crippen molar-refractivity contribution >= 4 is 17.3 Å². The van der Waals surface area contributed by atoms with Gasteiger partial charge in [-0.05, 0) is 19.1 Å². The Morgan fingerprint density at radius 1 is 1.43 bits per heavy atom. The number of hydrogen-bond donors (Lipinski definition) is 1. The minimum Gasteiger partial charge on any atom is -0.466 e. The number of nitro groups is 1. The fourth-order valence-corrected chi connectivity index (χ4v) is 1.57. The zero-order valence-corrected chi connectivity index (χ0v) is 11.1. The number of anilines is 1. The summed E-state index contributed by atoms with van der Waals surface area (Å²) in [5.74, 6) is -0.483. The van der Waals surface area contributed by atoms with Gasteiger partial charge in [-0.3, -0.25) is 14.9 Å². The van der Waals surface area contributed by atoms with Gasteiger partial charge in [0.15, 0.2) is 0 Å². The lowest BCUT2D eigenvalue weighted by atomic mass is 10.1. The van der Waals surface area contributed by atoms with Crippen molar-refractivity contribution in [3.05, 3.63) is 33.9 Å². The lowest BCUT2D eigenvalue weighted by molar-refractivity contribution is -0.388. The minimum atomic E-state index is -4.83. The molecule has 0 amide bonds. The molecule has 1 rings (SSSR count). The highest BCUT2D eigenvalue weighted by Gasteiger charge is 2.38. The smallest absolute Gasteiger partial charge is 0.423 e. The van der Waals surface area contributed by atoms with E-state index in [4.69, 9.17) is 0 Å². The second-order valence-electron chi connectivity index (χ2n) is 3.97. The van der Waals surface area contributed by atoms with Gasteiger partial charge in [-0.2, -0.15) is 13.2 Å². The molecule has 0 atom stereocenters. The molecule has 1 aromatic rings. The Hall–Kier alpha value is -2.32. The third-order valence-corrected chi connectivity index (χ3v) is 2.46. The van der Waals surface area contributed by atoms with E-state index in [0.29, 0.717) is 6.07 Å². The standard InChI is InChI=1S/C12H13F3N2O4/c1-2-21-11(18)5-6-16-8-3-4-10(17(19)20)9(7-8)12(13,14)15/h3-4,7,16H,2,5-6H2,1H3. The predicted octanol–water partition coefficient (Wildman–Crippen LogP) is 2.98. The van der Waals surface area contributed by atoms with Crippen LogP contribution in [0.25, 0.3) is 0 Å². The van der Waals surface area contributed by atoms with Crippen molar-refractivity contribution in [2.24, 2.45) is 0 Å². The lowest BCUT2D eigenvalue weighted by Crippen LogP contribution is -2.13. The number of carbonyl (C=O) groups excluding carboxylic acids is 1. The van der Waals surface area contributed by atoms with Crippen LogP contribution in [0.4, 0.5) is 24.5 Å². The van der Waals surface area contributed by atoms with Crippen molar-refractivity contribution in [1.29, 1.82) is 0 Å². The number of rotatable bonds is 6. The molecule has 0 unspecified atom stereocenters. The Bertz CT molecular complexity index is 532. The van der Waals surface area contributed by atoms with Gasteiger partial charge >= 0.3 is 12.1 Å². The maximum absolute atomic E-state index is 12.7. The number of carbonyl (C=O) groups is 1. The van der Waals surface area contributed by atoms with Gasteiger partial charge < -0.3 is 10.1 Å². The number of halogens is 3. The van der Waals surface area contributed by atoms with Crippen LogP contribution in [0.5, 0.6) is 0 Å². The number of nitro benzene ring substituents is 1. The molecule has 6 nitrogen and oxygen atoms in total. The second kappa shape index (κ2) is 6.91. The summed E-state index contributed by atoms with van der Waals surface area (Å²) in [6, 6.07) is 2.57. The fourth-order valence-electron chi connectivity index (χ4n) is 1.57. The fraction of sp³-hybridized carbons (Fsp3) is 0.417. The van der Waals surface area contributed by atoms with Crippen molar-refractivity contribution in [3.63, 3.8) is 0 Å². The monoisotopic (exact) mass is 306 g/mol. The highest BCUT2D eigenvalue weighted by atomic mass is 19.4. The largest absolute Gasteiger partial charge is 0.466 e. The molecule has 0 saturated heterocycles. The van der Waals surface area contributed by atoms with Crippen LogP contribution in [0, 0.1) is 10.1 Å². The zero-order valence-electron chi connectivity index (χ0n) is 11.1. The second-order valence-corrected chi connectivity index (χ2v) is 3.97. The van der Waals surface area contributed by atoms with Crippen LogP contribution in [0.15, 0.2) is 18.2 Å². The molecule has 1 aromatic carbocycles. The molecule has 0 spiro atoms. The van der Waals surface area contributed by atoms with Crippen molar-refractivity contribution in [2.45, 2.75) is 19.5 Å². The number of alkyl halides is 3. The number of benzene rings is 1. The summed E-state index contributed by atoms with van der Waals surface area (Å²) in [6.45, 7) is 1.92. The van der Waals surface area contributed by atoms with Gasteiger partial charge in [0.1, 0.15) is 5.56 Å². The van der Waals surface area contributed by atoms with Gasteiger partial charge in [-0.15, -0.1) is 0 Å². The quantitative estimate of drug-likeness (QED) is 0.496. The van der Waals surface area contributed by atoms with Crippen molar-refractivity contribution in [3.8, 4) is 0 Å². The first kappa shape index (κ1) is 16.7. The maximum atomic E-state index is 12.7. The van der Waals surface area contributed by atoms with Crippen LogP contribution in [0.2, 0.25) is 0 Å². The summed E-state index contributed by atoms with van der Waals surface area (Å²) in [4.78, 5) is 20.6. The maximum Gasteiger partial charge on any atom is 0.423 e. The summed E-state index contributed by atoms with van der Waals surface area (Å²) in [5.41, 5.74) is -2.32. The van der Waals surface area contributed by atoms with Crippen molar-refractivity contribution < 1.29 is 27.6 Å². The third-order valence-electron chi connectivity index (χ3n) is 2.46. The topological polar surface area (TPSA) is 81.5 Å². The molecule has 0 aliphatic rings. The first-order valence-electron chi connectivity index (χ1n) is 6.00. The molecule has 0 aliphatic carbocycles. The molecule has 9 heteroatoms. The summed E-state index contributed by atoms with van der Waals surface area (Å²) < 4.78 is 42.9. The van der Waals surface area contributed by atoms with Crippen LogP contribution in [0.1, 0.15) is 18.9 Å². The molecule has 0 aromatic heterocycles. The van der Waals surface area contributed by atoms with Gasteiger partial charge in [0.05, 0.1) is 18.0 Å². The number of hydrogen-bond acceptors (Lipinski definition) is 5. The Balaban J connectivity index is 2.82. The average molecular weight is 306 g/mol. The van der Waals surface area contributed by atoms with Gasteiger partial charge in [0.2, 0.25) is 0 Å². The molecular weight excluding hydrogens is 293 g/mol. The summed E-state index contributed by atoms with van der Waals surface area (Å²) in [7, 11) is 0. The van der Waals surface area contributed by atoms with Gasteiger partial charge in [0.25, 0.3) is 5.69 Å². The molecule has 1 N–H and O–H groups in total. The van der Waals surface area contributed by atoms with E-state index in [9.17, 15) is 28.1 Å². The molecule has 0 heterocycles. The van der Waals surface area contributed by atoms with Crippen molar-refractivity contribution in [1.82, 2.24) is 0 Å². The summed E-state index contributed by atoms with van der Waals surface area (Å²) in [5, 5.41) is 13.2. The Labute approximate surface area is 118 Å². The van der Waals surface area contributed by atoms with E-state index in [0.717, 1.165) is 12.1 Å². The van der Waals surface area contributed by atoms with E-state index < -0.39 is 28.3 Å². The van der Waals surface area contributed by atoms with Crippen LogP contribution in [0.3, 0.4) is 0 Å². The van der Waals surface area contributed by atoms with E-state index in [1.165, 1.54) is 0 Å². The zero-order chi connectivity index (χ0) is 16.0. The summed E-state index contributed by atoms with van der Waals surface area (Å²) in [6.07, 6.45) is -4.85. The van der Waals surface area contributed by atoms with E-state index in [-0.39, 0.29) is 25.3 Å². The van der Waals surface area contributed by atoms with Crippen molar-refractivity contribution in [2.75, 3.05) is 18.5 Å². The first-order valence-corrected chi connectivity index (χ1v) is 6.00. The highest BCUT2D eigenvalue weighted by molar-refractivity contribution is 5.70.